The molecule has 0 aliphatic rings. The smallest absolute Gasteiger partial charge is 0.162 e. The highest BCUT2D eigenvalue weighted by Gasteiger charge is 1.99. The van der Waals surface area contributed by atoms with Crippen molar-refractivity contribution in [2.45, 2.75) is 0 Å². The van der Waals surface area contributed by atoms with Gasteiger partial charge in [0.1, 0.15) is 11.6 Å². The number of rotatable bonds is 2. The van der Waals surface area contributed by atoms with Crippen molar-refractivity contribution in [3.05, 3.63) is 28.5 Å². The van der Waals surface area contributed by atoms with E-state index in [0.29, 0.717) is 10.2 Å². The van der Waals surface area contributed by atoms with Gasteiger partial charge in [0.05, 0.1) is 4.47 Å². The Bertz CT molecular complexity index is 254. The summed E-state index contributed by atoms with van der Waals surface area (Å²) in [6, 6.07) is 4.42. The summed E-state index contributed by atoms with van der Waals surface area (Å²) in [5, 5.41) is 0. The number of halogens is 3. The van der Waals surface area contributed by atoms with Gasteiger partial charge in [-0.05, 0) is 34.1 Å². The first-order valence-electron chi connectivity index (χ1n) is 2.88. The summed E-state index contributed by atoms with van der Waals surface area (Å²) in [5.41, 5.74) is 0. The van der Waals surface area contributed by atoms with Crippen molar-refractivity contribution in [2.75, 3.05) is 6.07 Å². The van der Waals surface area contributed by atoms with Crippen molar-refractivity contribution in [2.24, 2.45) is 0 Å². The molecule has 0 unspecified atom stereocenters. The summed E-state index contributed by atoms with van der Waals surface area (Å²) < 4.78 is 17.9. The van der Waals surface area contributed by atoms with Gasteiger partial charge in [-0.3, -0.25) is 0 Å². The molecule has 0 amide bonds. The predicted molar refractivity (Wildman–Crippen MR) is 45.4 cm³/mol. The fourth-order valence-corrected chi connectivity index (χ4v) is 1.11. The molecule has 0 saturated heterocycles. The van der Waals surface area contributed by atoms with Crippen LogP contribution in [-0.2, 0) is 0 Å². The van der Waals surface area contributed by atoms with E-state index < -0.39 is 0 Å². The third-order valence-electron chi connectivity index (χ3n) is 1.11. The third kappa shape index (κ3) is 2.34. The van der Waals surface area contributed by atoms with Gasteiger partial charge in [0.15, 0.2) is 6.07 Å². The molecule has 0 spiro atoms. The minimum atomic E-state index is -0.313. The summed E-state index contributed by atoms with van der Waals surface area (Å²) in [5.74, 6) is 0.236. The number of benzene rings is 1. The first-order valence-corrected chi connectivity index (χ1v) is 4.20. The number of alkyl halides is 1. The van der Waals surface area contributed by atoms with Gasteiger partial charge in [0, 0.05) is 0 Å². The Morgan fingerprint density at radius 1 is 1.55 bits per heavy atom. The van der Waals surface area contributed by atoms with Crippen LogP contribution in [0.2, 0.25) is 0 Å². The molecule has 0 N–H and O–H groups in total. The zero-order chi connectivity index (χ0) is 8.27. The number of hydrogen-bond acceptors (Lipinski definition) is 1. The zero-order valence-electron chi connectivity index (χ0n) is 5.48. The lowest BCUT2D eigenvalue weighted by Crippen LogP contribution is -1.89. The van der Waals surface area contributed by atoms with Crippen LogP contribution < -0.4 is 4.74 Å². The van der Waals surface area contributed by atoms with Crippen LogP contribution in [0.1, 0.15) is 0 Å². The van der Waals surface area contributed by atoms with E-state index in [2.05, 4.69) is 15.9 Å². The van der Waals surface area contributed by atoms with E-state index in [4.69, 9.17) is 16.3 Å². The van der Waals surface area contributed by atoms with Gasteiger partial charge >= 0.3 is 0 Å². The van der Waals surface area contributed by atoms with Gasteiger partial charge in [-0.2, -0.15) is 0 Å². The van der Waals surface area contributed by atoms with Gasteiger partial charge in [-0.15, -0.1) is 0 Å². The van der Waals surface area contributed by atoms with Crippen molar-refractivity contribution in [3.8, 4) is 5.75 Å². The third-order valence-corrected chi connectivity index (χ3v) is 1.83. The monoisotopic (exact) mass is 238 g/mol. The van der Waals surface area contributed by atoms with Crippen LogP contribution in [0.25, 0.3) is 0 Å². The summed E-state index contributed by atoms with van der Waals surface area (Å²) in [7, 11) is 0. The maximum Gasteiger partial charge on any atom is 0.162 e. The van der Waals surface area contributed by atoms with E-state index >= 15 is 0 Å². The molecule has 0 aliphatic heterocycles. The van der Waals surface area contributed by atoms with Crippen LogP contribution in [0.15, 0.2) is 22.7 Å². The highest BCUT2D eigenvalue weighted by Crippen LogP contribution is 2.21. The largest absolute Gasteiger partial charge is 0.478 e. The molecular weight excluding hydrogens is 234 g/mol. The first kappa shape index (κ1) is 8.81. The van der Waals surface area contributed by atoms with Crippen molar-refractivity contribution >= 4 is 27.5 Å². The molecule has 1 rings (SSSR count). The second kappa shape index (κ2) is 3.93. The summed E-state index contributed by atoms with van der Waals surface area (Å²) in [6.07, 6.45) is 0. The van der Waals surface area contributed by atoms with E-state index in [1.54, 1.807) is 0 Å². The SMILES string of the molecule is Fc1ccc(OCCl)cc1Br. The number of hydrogen-bond donors (Lipinski definition) is 0. The van der Waals surface area contributed by atoms with Crippen LogP contribution in [0.4, 0.5) is 4.39 Å². The molecule has 0 heterocycles. The fourth-order valence-electron chi connectivity index (χ4n) is 0.630. The fraction of sp³-hybridized carbons (Fsp3) is 0.143. The summed E-state index contributed by atoms with van der Waals surface area (Å²) in [6.45, 7) is 0. The Labute approximate surface area is 77.2 Å². The quantitative estimate of drug-likeness (QED) is 0.720. The molecule has 0 radical (unpaired) electrons. The lowest BCUT2D eigenvalue weighted by atomic mass is 10.3. The molecule has 0 atom stereocenters. The lowest BCUT2D eigenvalue weighted by Gasteiger charge is -2.01. The van der Waals surface area contributed by atoms with E-state index in [-0.39, 0.29) is 11.9 Å². The Hall–Kier alpha value is -0.280. The lowest BCUT2D eigenvalue weighted by molar-refractivity contribution is 0.386. The van der Waals surface area contributed by atoms with Crippen LogP contribution in [0, 0.1) is 5.82 Å². The Kier molecular flexibility index (Phi) is 3.15. The molecule has 0 saturated carbocycles. The summed E-state index contributed by atoms with van der Waals surface area (Å²) >= 11 is 8.31. The zero-order valence-corrected chi connectivity index (χ0v) is 7.82. The van der Waals surface area contributed by atoms with Crippen molar-refractivity contribution in [1.29, 1.82) is 0 Å². The minimum Gasteiger partial charge on any atom is -0.478 e. The molecular formula is C7H5BrClFO. The van der Waals surface area contributed by atoms with Crippen molar-refractivity contribution in [3.63, 3.8) is 0 Å². The molecule has 4 heteroatoms. The van der Waals surface area contributed by atoms with Crippen molar-refractivity contribution < 1.29 is 9.13 Å². The molecule has 1 aromatic rings. The van der Waals surface area contributed by atoms with E-state index in [1.165, 1.54) is 18.2 Å². The van der Waals surface area contributed by atoms with Gasteiger partial charge in [0.25, 0.3) is 0 Å². The minimum absolute atomic E-state index is 0.0675. The molecule has 1 aromatic carbocycles. The average Bonchev–Trinajstić information content (AvgIpc) is 1.98. The van der Waals surface area contributed by atoms with Gasteiger partial charge < -0.3 is 4.74 Å². The van der Waals surface area contributed by atoms with Crippen molar-refractivity contribution in [1.82, 2.24) is 0 Å². The maximum atomic E-state index is 12.6. The molecule has 0 aromatic heterocycles. The Morgan fingerprint density at radius 2 is 2.27 bits per heavy atom. The molecule has 0 aliphatic carbocycles. The highest BCUT2D eigenvalue weighted by atomic mass is 79.9. The van der Waals surface area contributed by atoms with Gasteiger partial charge in [0.2, 0.25) is 0 Å². The molecule has 0 fully saturated rings. The average molecular weight is 239 g/mol. The van der Waals surface area contributed by atoms with E-state index in [1.807, 2.05) is 0 Å². The van der Waals surface area contributed by atoms with E-state index in [9.17, 15) is 4.39 Å². The standard InChI is InChI=1S/C7H5BrClFO/c8-6-3-5(11-4-9)1-2-7(6)10/h1-3H,4H2. The second-order valence-corrected chi connectivity index (χ2v) is 2.90. The Balaban J connectivity index is 2.86. The highest BCUT2D eigenvalue weighted by molar-refractivity contribution is 9.10. The molecule has 60 valence electrons. The van der Waals surface area contributed by atoms with Gasteiger partial charge in [-0.1, -0.05) is 11.6 Å². The van der Waals surface area contributed by atoms with Crippen LogP contribution in [0.5, 0.6) is 5.75 Å². The molecule has 0 bridgehead atoms. The van der Waals surface area contributed by atoms with Gasteiger partial charge in [-0.25, -0.2) is 4.39 Å². The van der Waals surface area contributed by atoms with Crippen LogP contribution in [-0.4, -0.2) is 6.07 Å². The van der Waals surface area contributed by atoms with E-state index in [0.717, 1.165) is 0 Å². The normalized spacial score (nSPS) is 9.73. The topological polar surface area (TPSA) is 9.23 Å². The van der Waals surface area contributed by atoms with Crippen LogP contribution >= 0.6 is 27.5 Å². The molecule has 1 nitrogen and oxygen atoms in total. The molecule has 11 heavy (non-hydrogen) atoms. The first-order chi connectivity index (χ1) is 5.24. The second-order valence-electron chi connectivity index (χ2n) is 1.83. The maximum absolute atomic E-state index is 12.6. The Morgan fingerprint density at radius 3 is 2.82 bits per heavy atom. The van der Waals surface area contributed by atoms with Crippen LogP contribution in [0.3, 0.4) is 0 Å². The predicted octanol–water partition coefficient (Wildman–Crippen LogP) is 3.16. The summed E-state index contributed by atoms with van der Waals surface area (Å²) in [4.78, 5) is 0. The number of ether oxygens (including phenoxy) is 1.